The fourth-order valence-electron chi connectivity index (χ4n) is 2.32. The zero-order valence-corrected chi connectivity index (χ0v) is 16.5. The zero-order valence-electron chi connectivity index (χ0n) is 14.0. The van der Waals surface area contributed by atoms with Crippen LogP contribution in [0.15, 0.2) is 62.6 Å². The fourth-order valence-corrected chi connectivity index (χ4v) is 4.80. The number of thiophene rings is 1. The second-order valence-corrected chi connectivity index (χ2v) is 9.08. The van der Waals surface area contributed by atoms with Crippen LogP contribution >= 0.6 is 22.7 Å². The Hall–Kier alpha value is -2.69. The van der Waals surface area contributed by atoms with Crippen LogP contribution in [-0.4, -0.2) is 18.6 Å². The molecule has 0 aliphatic rings. The lowest BCUT2D eigenvalue weighted by Crippen LogP contribution is -2.13. The van der Waals surface area contributed by atoms with Crippen molar-refractivity contribution in [2.75, 3.05) is 10.0 Å². The van der Waals surface area contributed by atoms with Crippen molar-refractivity contribution in [3.8, 4) is 10.6 Å². The van der Waals surface area contributed by atoms with Crippen LogP contribution in [0.25, 0.3) is 10.6 Å². The summed E-state index contributed by atoms with van der Waals surface area (Å²) >= 11 is 3.13. The molecule has 0 radical (unpaired) electrons. The van der Waals surface area contributed by atoms with Gasteiger partial charge in [-0.05, 0) is 42.6 Å². The van der Waals surface area contributed by atoms with Gasteiger partial charge in [0.15, 0.2) is 10.9 Å². The Bertz CT molecular complexity index is 1150. The zero-order chi connectivity index (χ0) is 18.9. The van der Waals surface area contributed by atoms with Crippen LogP contribution in [0.2, 0.25) is 0 Å². The smallest absolute Gasteiger partial charge is 0.263 e. The van der Waals surface area contributed by atoms with Gasteiger partial charge in [0.25, 0.3) is 10.0 Å². The second-order valence-electron chi connectivity index (χ2n) is 5.59. The first-order chi connectivity index (χ1) is 13.0. The summed E-state index contributed by atoms with van der Waals surface area (Å²) in [7, 11) is -3.73. The van der Waals surface area contributed by atoms with Crippen LogP contribution in [0.1, 0.15) is 5.76 Å². The minimum Gasteiger partial charge on any atom is -0.360 e. The van der Waals surface area contributed by atoms with E-state index < -0.39 is 10.0 Å². The van der Waals surface area contributed by atoms with Crippen LogP contribution in [0.3, 0.4) is 0 Å². The molecule has 0 saturated heterocycles. The van der Waals surface area contributed by atoms with Crippen molar-refractivity contribution in [1.82, 2.24) is 10.1 Å². The predicted octanol–water partition coefficient (Wildman–Crippen LogP) is 4.71. The molecule has 0 bridgehead atoms. The molecule has 0 amide bonds. The predicted molar refractivity (Wildman–Crippen MR) is 107 cm³/mol. The number of nitrogens with zero attached hydrogens (tertiary/aromatic N) is 2. The minimum atomic E-state index is -3.73. The molecule has 3 aromatic heterocycles. The van der Waals surface area contributed by atoms with Crippen LogP contribution in [0.4, 0.5) is 16.6 Å². The Kier molecular flexibility index (Phi) is 4.68. The van der Waals surface area contributed by atoms with Gasteiger partial charge in [-0.15, -0.1) is 22.7 Å². The summed E-state index contributed by atoms with van der Waals surface area (Å²) in [6, 6.07) is 11.9. The van der Waals surface area contributed by atoms with Gasteiger partial charge in [0.05, 0.1) is 15.5 Å². The highest BCUT2D eigenvalue weighted by atomic mass is 32.2. The highest BCUT2D eigenvalue weighted by Crippen LogP contribution is 2.30. The van der Waals surface area contributed by atoms with E-state index in [-0.39, 0.29) is 10.7 Å². The van der Waals surface area contributed by atoms with Crippen molar-refractivity contribution in [2.24, 2.45) is 0 Å². The molecule has 4 aromatic rings. The Morgan fingerprint density at radius 1 is 1.11 bits per heavy atom. The van der Waals surface area contributed by atoms with E-state index in [4.69, 9.17) is 4.52 Å². The van der Waals surface area contributed by atoms with Crippen molar-refractivity contribution in [1.29, 1.82) is 0 Å². The van der Waals surface area contributed by atoms with Crippen LogP contribution in [-0.2, 0) is 10.0 Å². The number of aromatic nitrogens is 2. The summed E-state index contributed by atoms with van der Waals surface area (Å²) in [5.41, 5.74) is 1.67. The highest BCUT2D eigenvalue weighted by Gasteiger charge is 2.16. The number of hydrogen-bond acceptors (Lipinski definition) is 8. The third kappa shape index (κ3) is 4.02. The van der Waals surface area contributed by atoms with Crippen molar-refractivity contribution in [2.45, 2.75) is 11.8 Å². The molecule has 0 aliphatic heterocycles. The van der Waals surface area contributed by atoms with E-state index in [1.54, 1.807) is 30.4 Å². The average molecular weight is 419 g/mol. The van der Waals surface area contributed by atoms with Gasteiger partial charge in [0, 0.05) is 17.1 Å². The summed E-state index contributed by atoms with van der Waals surface area (Å²) in [5, 5.41) is 11.6. The third-order valence-electron chi connectivity index (χ3n) is 3.56. The van der Waals surface area contributed by atoms with Gasteiger partial charge < -0.3 is 9.84 Å². The molecule has 0 unspecified atom stereocenters. The largest absolute Gasteiger partial charge is 0.360 e. The Balaban J connectivity index is 1.47. The van der Waals surface area contributed by atoms with Gasteiger partial charge in [0.1, 0.15) is 5.76 Å². The van der Waals surface area contributed by atoms with Crippen molar-refractivity contribution < 1.29 is 12.9 Å². The van der Waals surface area contributed by atoms with E-state index in [2.05, 4.69) is 20.2 Å². The number of anilines is 3. The van der Waals surface area contributed by atoms with Gasteiger partial charge >= 0.3 is 0 Å². The molecule has 2 N–H and O–H groups in total. The van der Waals surface area contributed by atoms with Crippen molar-refractivity contribution in [3.05, 3.63) is 59.0 Å². The monoisotopic (exact) mass is 418 g/mol. The molecular formula is C17H14N4O3S3. The van der Waals surface area contributed by atoms with Gasteiger partial charge in [-0.2, -0.15) is 0 Å². The molecule has 7 nitrogen and oxygen atoms in total. The first kappa shape index (κ1) is 17.7. The van der Waals surface area contributed by atoms with Crippen molar-refractivity contribution >= 4 is 49.3 Å². The van der Waals surface area contributed by atoms with Crippen molar-refractivity contribution in [3.63, 3.8) is 0 Å². The van der Waals surface area contributed by atoms with Crippen LogP contribution < -0.4 is 10.0 Å². The van der Waals surface area contributed by atoms with E-state index in [0.29, 0.717) is 5.76 Å². The molecule has 0 atom stereocenters. The van der Waals surface area contributed by atoms with E-state index in [0.717, 1.165) is 21.4 Å². The molecular weight excluding hydrogens is 404 g/mol. The Labute approximate surface area is 163 Å². The third-order valence-corrected chi connectivity index (χ3v) is 6.58. The maximum atomic E-state index is 12.4. The number of benzene rings is 1. The Morgan fingerprint density at radius 3 is 2.59 bits per heavy atom. The molecule has 0 aliphatic carbocycles. The Morgan fingerprint density at radius 2 is 1.93 bits per heavy atom. The number of thiazole rings is 1. The number of sulfonamides is 1. The summed E-state index contributed by atoms with van der Waals surface area (Å²) in [6.07, 6.45) is 0. The maximum absolute atomic E-state index is 12.4. The van der Waals surface area contributed by atoms with E-state index >= 15 is 0 Å². The first-order valence-corrected chi connectivity index (χ1v) is 11.1. The van der Waals surface area contributed by atoms with E-state index in [1.165, 1.54) is 29.5 Å². The molecule has 3 heterocycles. The van der Waals surface area contributed by atoms with E-state index in [9.17, 15) is 8.42 Å². The summed E-state index contributed by atoms with van der Waals surface area (Å²) in [6.45, 7) is 1.69. The molecule has 1 aromatic carbocycles. The molecule has 4 rings (SSSR count). The molecule has 10 heteroatoms. The number of hydrogen-bond donors (Lipinski definition) is 2. The van der Waals surface area contributed by atoms with E-state index in [1.807, 2.05) is 22.9 Å². The number of nitrogens with one attached hydrogen (secondary N) is 2. The summed E-state index contributed by atoms with van der Waals surface area (Å²) in [5.74, 6) is 0.677. The molecule has 27 heavy (non-hydrogen) atoms. The average Bonchev–Trinajstić information content (AvgIpc) is 3.37. The maximum Gasteiger partial charge on any atom is 0.263 e. The number of rotatable bonds is 6. The fraction of sp³-hybridized carbons (Fsp3) is 0.0588. The van der Waals surface area contributed by atoms with Crippen LogP contribution in [0.5, 0.6) is 0 Å². The normalized spacial score (nSPS) is 11.4. The lowest BCUT2D eigenvalue weighted by Gasteiger charge is -2.07. The second kappa shape index (κ2) is 7.14. The lowest BCUT2D eigenvalue weighted by molar-refractivity contribution is 0.400. The van der Waals surface area contributed by atoms with Gasteiger partial charge in [-0.25, -0.2) is 13.4 Å². The number of aryl methyl sites for hydroxylation is 1. The topological polar surface area (TPSA) is 97.1 Å². The molecule has 138 valence electrons. The summed E-state index contributed by atoms with van der Waals surface area (Å²) < 4.78 is 32.0. The quantitative estimate of drug-likeness (QED) is 0.471. The summed E-state index contributed by atoms with van der Waals surface area (Å²) in [4.78, 5) is 5.78. The molecule has 0 spiro atoms. The SMILES string of the molecule is Cc1cc(NS(=O)(=O)c2ccc(Nc3nc(-c4cccs4)cs3)cc2)no1. The first-order valence-electron chi connectivity index (χ1n) is 7.82. The molecule has 0 saturated carbocycles. The van der Waals surface area contributed by atoms with Gasteiger partial charge in [0.2, 0.25) is 0 Å². The van der Waals surface area contributed by atoms with Gasteiger partial charge in [-0.3, -0.25) is 4.72 Å². The lowest BCUT2D eigenvalue weighted by atomic mass is 10.3. The minimum absolute atomic E-state index is 0.132. The van der Waals surface area contributed by atoms with Crippen LogP contribution in [0, 0.1) is 6.92 Å². The van der Waals surface area contributed by atoms with Gasteiger partial charge in [-0.1, -0.05) is 11.2 Å². The molecule has 0 fully saturated rings. The highest BCUT2D eigenvalue weighted by molar-refractivity contribution is 7.92. The standard InChI is InChI=1S/C17H14N4O3S3/c1-11-9-16(20-24-11)21-27(22,23)13-6-4-12(5-7-13)18-17-19-14(10-26-17)15-3-2-8-25-15/h2-10H,1H3,(H,18,19)(H,20,21).